The summed E-state index contributed by atoms with van der Waals surface area (Å²) in [5.41, 5.74) is 7.83. The van der Waals surface area contributed by atoms with Crippen LogP contribution >= 0.6 is 11.8 Å². The zero-order valence-electron chi connectivity index (χ0n) is 10.6. The van der Waals surface area contributed by atoms with E-state index in [2.05, 4.69) is 29.2 Å². The van der Waals surface area contributed by atoms with Crippen molar-refractivity contribution in [3.8, 4) is 0 Å². The average molecular weight is 270 g/mol. The minimum Gasteiger partial charge on any atom is -0.439 e. The highest BCUT2D eigenvalue weighted by molar-refractivity contribution is 7.99. The molecular formula is C15H14N2OS. The molecule has 0 atom stereocenters. The summed E-state index contributed by atoms with van der Waals surface area (Å²) in [6.07, 6.45) is 1.67. The normalized spacial score (nSPS) is 11.1. The van der Waals surface area contributed by atoms with Gasteiger partial charge in [-0.2, -0.15) is 0 Å². The SMILES string of the molecule is Cc1coc(Sc2ccc(CN)c3ccccc23)n1. The topological polar surface area (TPSA) is 52.0 Å². The summed E-state index contributed by atoms with van der Waals surface area (Å²) in [6.45, 7) is 2.47. The quantitative estimate of drug-likeness (QED) is 0.787. The Balaban J connectivity index is 2.09. The molecule has 0 aliphatic heterocycles. The average Bonchev–Trinajstić information content (AvgIpc) is 2.85. The van der Waals surface area contributed by atoms with Crippen molar-refractivity contribution in [3.63, 3.8) is 0 Å². The van der Waals surface area contributed by atoms with Crippen LogP contribution in [0.25, 0.3) is 10.8 Å². The Morgan fingerprint density at radius 1 is 1.16 bits per heavy atom. The van der Waals surface area contributed by atoms with Gasteiger partial charge in [0, 0.05) is 11.4 Å². The molecule has 1 aromatic heterocycles. The van der Waals surface area contributed by atoms with Gasteiger partial charge in [0.15, 0.2) is 0 Å². The van der Waals surface area contributed by atoms with Gasteiger partial charge >= 0.3 is 0 Å². The smallest absolute Gasteiger partial charge is 0.260 e. The van der Waals surface area contributed by atoms with Gasteiger partial charge in [0.05, 0.1) is 5.69 Å². The van der Waals surface area contributed by atoms with Crippen molar-refractivity contribution < 1.29 is 4.42 Å². The lowest BCUT2D eigenvalue weighted by atomic mass is 10.0. The lowest BCUT2D eigenvalue weighted by Crippen LogP contribution is -1.97. The number of fused-ring (bicyclic) bond motifs is 1. The second kappa shape index (κ2) is 5.07. The zero-order valence-corrected chi connectivity index (χ0v) is 11.4. The molecule has 0 aliphatic carbocycles. The number of nitrogens with zero attached hydrogens (tertiary/aromatic N) is 1. The van der Waals surface area contributed by atoms with Crippen LogP contribution in [0.3, 0.4) is 0 Å². The number of aryl methyl sites for hydroxylation is 1. The Hall–Kier alpha value is -1.78. The number of nitrogens with two attached hydrogens (primary N) is 1. The Morgan fingerprint density at radius 2 is 1.95 bits per heavy atom. The fourth-order valence-electron chi connectivity index (χ4n) is 2.07. The van der Waals surface area contributed by atoms with Crippen molar-refractivity contribution in [1.82, 2.24) is 4.98 Å². The number of hydrogen-bond donors (Lipinski definition) is 1. The Kier molecular flexibility index (Phi) is 3.27. The van der Waals surface area contributed by atoms with E-state index in [1.54, 1.807) is 6.26 Å². The number of benzene rings is 2. The van der Waals surface area contributed by atoms with Crippen molar-refractivity contribution >= 4 is 22.5 Å². The van der Waals surface area contributed by atoms with Crippen LogP contribution in [-0.2, 0) is 6.54 Å². The molecule has 4 heteroatoms. The zero-order chi connectivity index (χ0) is 13.2. The third-order valence-electron chi connectivity index (χ3n) is 2.99. The Bertz CT molecular complexity index is 721. The van der Waals surface area contributed by atoms with Crippen LogP contribution < -0.4 is 5.73 Å². The fraction of sp³-hybridized carbons (Fsp3) is 0.133. The van der Waals surface area contributed by atoms with Crippen LogP contribution in [-0.4, -0.2) is 4.98 Å². The molecule has 0 aliphatic rings. The lowest BCUT2D eigenvalue weighted by Gasteiger charge is -2.08. The summed E-state index contributed by atoms with van der Waals surface area (Å²) in [4.78, 5) is 5.46. The maximum absolute atomic E-state index is 5.78. The third-order valence-corrected chi connectivity index (χ3v) is 3.93. The number of oxazole rings is 1. The standard InChI is InChI=1S/C15H14N2OS/c1-10-9-18-15(17-10)19-14-7-6-11(8-16)12-4-2-3-5-13(12)14/h2-7,9H,8,16H2,1H3. The van der Waals surface area contributed by atoms with E-state index in [0.717, 1.165) is 16.2 Å². The van der Waals surface area contributed by atoms with Crippen molar-refractivity contribution in [1.29, 1.82) is 0 Å². The molecule has 1 heterocycles. The summed E-state index contributed by atoms with van der Waals surface area (Å²) < 4.78 is 5.40. The van der Waals surface area contributed by atoms with Gasteiger partial charge in [-0.1, -0.05) is 30.3 Å². The largest absolute Gasteiger partial charge is 0.439 e. The summed E-state index contributed by atoms with van der Waals surface area (Å²) in [7, 11) is 0. The molecule has 0 amide bonds. The van der Waals surface area contributed by atoms with Crippen LogP contribution in [0.2, 0.25) is 0 Å². The highest BCUT2D eigenvalue weighted by Gasteiger charge is 2.09. The predicted molar refractivity (Wildman–Crippen MR) is 77.2 cm³/mol. The van der Waals surface area contributed by atoms with E-state index in [1.165, 1.54) is 22.5 Å². The molecule has 0 unspecified atom stereocenters. The minimum absolute atomic E-state index is 0.545. The van der Waals surface area contributed by atoms with Gasteiger partial charge in [-0.05, 0) is 41.1 Å². The van der Waals surface area contributed by atoms with Crippen LogP contribution in [0.1, 0.15) is 11.3 Å². The van der Waals surface area contributed by atoms with E-state index in [4.69, 9.17) is 10.2 Å². The van der Waals surface area contributed by atoms with Crippen molar-refractivity contribution in [2.75, 3.05) is 0 Å². The molecule has 0 spiro atoms. The van der Waals surface area contributed by atoms with Gasteiger partial charge in [-0.25, -0.2) is 4.98 Å². The van der Waals surface area contributed by atoms with Crippen molar-refractivity contribution in [3.05, 3.63) is 53.9 Å². The summed E-state index contributed by atoms with van der Waals surface area (Å²) in [5.74, 6) is 0. The Morgan fingerprint density at radius 3 is 2.63 bits per heavy atom. The molecule has 19 heavy (non-hydrogen) atoms. The van der Waals surface area contributed by atoms with E-state index in [-0.39, 0.29) is 0 Å². The second-order valence-electron chi connectivity index (χ2n) is 4.33. The second-order valence-corrected chi connectivity index (χ2v) is 5.32. The first-order valence-corrected chi connectivity index (χ1v) is 6.90. The summed E-state index contributed by atoms with van der Waals surface area (Å²) in [6, 6.07) is 12.4. The van der Waals surface area contributed by atoms with E-state index in [1.807, 2.05) is 19.1 Å². The third kappa shape index (κ3) is 2.37. The van der Waals surface area contributed by atoms with Crippen molar-refractivity contribution in [2.45, 2.75) is 23.6 Å². The summed E-state index contributed by atoms with van der Waals surface area (Å²) >= 11 is 1.54. The molecule has 2 N–H and O–H groups in total. The molecular weight excluding hydrogens is 256 g/mol. The first-order valence-electron chi connectivity index (χ1n) is 6.08. The number of aromatic nitrogens is 1. The van der Waals surface area contributed by atoms with Gasteiger partial charge in [-0.15, -0.1) is 0 Å². The molecule has 2 aromatic carbocycles. The molecule has 0 bridgehead atoms. The molecule has 3 rings (SSSR count). The van der Waals surface area contributed by atoms with Gasteiger partial charge in [-0.3, -0.25) is 0 Å². The van der Waals surface area contributed by atoms with Gasteiger partial charge in [0.2, 0.25) is 0 Å². The molecule has 96 valence electrons. The number of rotatable bonds is 3. The lowest BCUT2D eigenvalue weighted by molar-refractivity contribution is 0.454. The van der Waals surface area contributed by atoms with Crippen LogP contribution in [0.5, 0.6) is 0 Å². The van der Waals surface area contributed by atoms with Gasteiger partial charge in [0.1, 0.15) is 6.26 Å². The van der Waals surface area contributed by atoms with E-state index in [0.29, 0.717) is 11.8 Å². The Labute approximate surface area is 115 Å². The van der Waals surface area contributed by atoms with Crippen molar-refractivity contribution in [2.24, 2.45) is 5.73 Å². The maximum Gasteiger partial charge on any atom is 0.260 e. The highest BCUT2D eigenvalue weighted by atomic mass is 32.2. The molecule has 0 radical (unpaired) electrons. The van der Waals surface area contributed by atoms with E-state index >= 15 is 0 Å². The first-order chi connectivity index (χ1) is 9.28. The monoisotopic (exact) mass is 270 g/mol. The predicted octanol–water partition coefficient (Wildman–Crippen LogP) is 3.75. The maximum atomic E-state index is 5.78. The molecule has 0 saturated carbocycles. The minimum atomic E-state index is 0.545. The highest BCUT2D eigenvalue weighted by Crippen LogP contribution is 2.34. The number of hydrogen-bond acceptors (Lipinski definition) is 4. The summed E-state index contributed by atoms with van der Waals surface area (Å²) in [5, 5.41) is 3.05. The van der Waals surface area contributed by atoms with Gasteiger partial charge < -0.3 is 10.2 Å². The van der Waals surface area contributed by atoms with Crippen LogP contribution in [0, 0.1) is 6.92 Å². The molecule has 0 fully saturated rings. The van der Waals surface area contributed by atoms with E-state index < -0.39 is 0 Å². The molecule has 3 nitrogen and oxygen atoms in total. The van der Waals surface area contributed by atoms with Crippen LogP contribution in [0.4, 0.5) is 0 Å². The fourth-order valence-corrected chi connectivity index (χ4v) is 2.97. The van der Waals surface area contributed by atoms with Crippen LogP contribution in [0.15, 0.2) is 57.2 Å². The van der Waals surface area contributed by atoms with E-state index in [9.17, 15) is 0 Å². The molecule has 0 saturated heterocycles. The van der Waals surface area contributed by atoms with Gasteiger partial charge in [0.25, 0.3) is 5.22 Å². The molecule has 3 aromatic rings. The first kappa shape index (κ1) is 12.3.